The SMILES string of the molecule is Cc1c(C(=O)N2CCc3[nH]ncc3C2)c(=O)[nH]c2ccccc12. The number of fused-ring (bicyclic) bond motifs is 2. The highest BCUT2D eigenvalue weighted by Crippen LogP contribution is 2.21. The summed E-state index contributed by atoms with van der Waals surface area (Å²) in [4.78, 5) is 29.8. The number of hydrogen-bond acceptors (Lipinski definition) is 3. The number of H-pyrrole nitrogens is 2. The predicted molar refractivity (Wildman–Crippen MR) is 86.3 cm³/mol. The van der Waals surface area contributed by atoms with Gasteiger partial charge >= 0.3 is 0 Å². The van der Waals surface area contributed by atoms with Crippen LogP contribution in [-0.4, -0.2) is 32.5 Å². The normalized spacial score (nSPS) is 14.0. The summed E-state index contributed by atoms with van der Waals surface area (Å²) in [5, 5.41) is 7.86. The van der Waals surface area contributed by atoms with Gasteiger partial charge in [-0.05, 0) is 18.6 Å². The van der Waals surface area contributed by atoms with Crippen molar-refractivity contribution in [1.29, 1.82) is 0 Å². The Morgan fingerprint density at radius 1 is 1.30 bits per heavy atom. The maximum absolute atomic E-state index is 12.9. The molecule has 1 aromatic carbocycles. The molecule has 1 aliphatic heterocycles. The molecule has 1 amide bonds. The van der Waals surface area contributed by atoms with Crippen molar-refractivity contribution in [3.05, 3.63) is 63.2 Å². The van der Waals surface area contributed by atoms with Crippen LogP contribution in [-0.2, 0) is 13.0 Å². The Balaban J connectivity index is 1.77. The van der Waals surface area contributed by atoms with Crippen LogP contribution in [0.3, 0.4) is 0 Å². The van der Waals surface area contributed by atoms with Crippen LogP contribution in [0.5, 0.6) is 0 Å². The van der Waals surface area contributed by atoms with Crippen molar-refractivity contribution in [2.24, 2.45) is 0 Å². The number of aryl methyl sites for hydroxylation is 1. The fourth-order valence-corrected chi connectivity index (χ4v) is 3.22. The van der Waals surface area contributed by atoms with Crippen molar-refractivity contribution in [3.8, 4) is 0 Å². The Labute approximate surface area is 132 Å². The molecular weight excluding hydrogens is 292 g/mol. The van der Waals surface area contributed by atoms with E-state index in [2.05, 4.69) is 15.2 Å². The first-order valence-corrected chi connectivity index (χ1v) is 7.57. The minimum absolute atomic E-state index is 0.221. The van der Waals surface area contributed by atoms with Gasteiger partial charge in [-0.2, -0.15) is 5.10 Å². The van der Waals surface area contributed by atoms with E-state index in [0.29, 0.717) is 13.1 Å². The number of hydrogen-bond donors (Lipinski definition) is 2. The lowest BCUT2D eigenvalue weighted by atomic mass is 10.0. The van der Waals surface area contributed by atoms with E-state index in [0.717, 1.165) is 34.1 Å². The van der Waals surface area contributed by atoms with Gasteiger partial charge in [0.25, 0.3) is 11.5 Å². The van der Waals surface area contributed by atoms with Crippen LogP contribution in [0.4, 0.5) is 0 Å². The molecule has 1 aliphatic rings. The molecule has 0 bridgehead atoms. The van der Waals surface area contributed by atoms with Gasteiger partial charge in [-0.1, -0.05) is 18.2 Å². The van der Waals surface area contributed by atoms with Gasteiger partial charge in [0.1, 0.15) is 5.56 Å². The van der Waals surface area contributed by atoms with Crippen molar-refractivity contribution in [2.45, 2.75) is 19.9 Å². The average Bonchev–Trinajstić information content (AvgIpc) is 3.02. The minimum atomic E-state index is -0.329. The number of benzene rings is 1. The van der Waals surface area contributed by atoms with Crippen LogP contribution in [0.25, 0.3) is 10.9 Å². The summed E-state index contributed by atoms with van der Waals surface area (Å²) in [5.41, 5.74) is 3.46. The first kappa shape index (κ1) is 13.8. The van der Waals surface area contributed by atoms with Crippen molar-refractivity contribution in [3.63, 3.8) is 0 Å². The maximum atomic E-state index is 12.9. The van der Waals surface area contributed by atoms with Gasteiger partial charge < -0.3 is 9.88 Å². The molecule has 4 rings (SSSR count). The molecule has 0 saturated heterocycles. The van der Waals surface area contributed by atoms with E-state index in [1.165, 1.54) is 0 Å². The molecule has 0 aliphatic carbocycles. The molecule has 0 saturated carbocycles. The molecule has 3 aromatic rings. The van der Waals surface area contributed by atoms with Crippen LogP contribution >= 0.6 is 0 Å². The number of nitrogens with zero attached hydrogens (tertiary/aromatic N) is 2. The summed E-state index contributed by atoms with van der Waals surface area (Å²) in [6.45, 7) is 2.90. The molecule has 6 nitrogen and oxygen atoms in total. The molecule has 2 N–H and O–H groups in total. The van der Waals surface area contributed by atoms with Crippen LogP contribution in [0, 0.1) is 6.92 Å². The molecule has 0 radical (unpaired) electrons. The number of para-hydroxylation sites is 1. The number of carbonyl (C=O) groups excluding carboxylic acids is 1. The highest BCUT2D eigenvalue weighted by Gasteiger charge is 2.26. The molecule has 116 valence electrons. The number of aromatic amines is 2. The molecule has 23 heavy (non-hydrogen) atoms. The highest BCUT2D eigenvalue weighted by atomic mass is 16.2. The van der Waals surface area contributed by atoms with Gasteiger partial charge in [-0.3, -0.25) is 14.7 Å². The van der Waals surface area contributed by atoms with E-state index < -0.39 is 0 Å². The van der Waals surface area contributed by atoms with Crippen LogP contribution < -0.4 is 5.56 Å². The zero-order chi connectivity index (χ0) is 16.0. The maximum Gasteiger partial charge on any atom is 0.261 e. The zero-order valence-corrected chi connectivity index (χ0v) is 12.7. The fraction of sp³-hybridized carbons (Fsp3) is 0.235. The number of amides is 1. The van der Waals surface area contributed by atoms with E-state index in [1.54, 1.807) is 11.1 Å². The fourth-order valence-electron chi connectivity index (χ4n) is 3.22. The van der Waals surface area contributed by atoms with Gasteiger partial charge in [-0.25, -0.2) is 0 Å². The quantitative estimate of drug-likeness (QED) is 0.718. The van der Waals surface area contributed by atoms with E-state index in [1.807, 2.05) is 31.2 Å². The molecule has 6 heteroatoms. The molecule has 0 unspecified atom stereocenters. The van der Waals surface area contributed by atoms with Crippen molar-refractivity contribution >= 4 is 16.8 Å². The lowest BCUT2D eigenvalue weighted by Gasteiger charge is -2.27. The standard InChI is InChI=1S/C17H16N4O2/c1-10-12-4-2-3-5-14(12)19-16(22)15(10)17(23)21-7-6-13-11(9-21)8-18-20-13/h2-5,8H,6-7,9H2,1H3,(H,18,20)(H,19,22). The van der Waals surface area contributed by atoms with Gasteiger partial charge in [0.05, 0.1) is 6.20 Å². The molecular formula is C17H16N4O2. The summed E-state index contributed by atoms with van der Waals surface area (Å²) in [6, 6.07) is 7.53. The first-order chi connectivity index (χ1) is 11.1. The Bertz CT molecular complexity index is 970. The molecule has 2 aromatic heterocycles. The second-order valence-corrected chi connectivity index (χ2v) is 5.85. The monoisotopic (exact) mass is 308 g/mol. The topological polar surface area (TPSA) is 81.8 Å². The summed E-state index contributed by atoms with van der Waals surface area (Å²) < 4.78 is 0. The average molecular weight is 308 g/mol. The number of pyridine rings is 1. The lowest BCUT2D eigenvalue weighted by molar-refractivity contribution is 0.0732. The van der Waals surface area contributed by atoms with E-state index in [4.69, 9.17) is 0 Å². The molecule has 0 atom stereocenters. The Kier molecular flexibility index (Phi) is 3.04. The summed E-state index contributed by atoms with van der Waals surface area (Å²) in [6.07, 6.45) is 2.47. The van der Waals surface area contributed by atoms with E-state index in [9.17, 15) is 9.59 Å². The number of aromatic nitrogens is 3. The first-order valence-electron chi connectivity index (χ1n) is 7.57. The van der Waals surface area contributed by atoms with E-state index in [-0.39, 0.29) is 17.0 Å². The smallest absolute Gasteiger partial charge is 0.261 e. The second kappa shape index (κ2) is 5.08. The third-order valence-electron chi connectivity index (χ3n) is 4.48. The Hall–Kier alpha value is -2.89. The summed E-state index contributed by atoms with van der Waals surface area (Å²) in [5.74, 6) is -0.221. The Morgan fingerprint density at radius 3 is 3.00 bits per heavy atom. The van der Waals surface area contributed by atoms with Gasteiger partial charge in [0.2, 0.25) is 0 Å². The number of nitrogens with one attached hydrogen (secondary N) is 2. The second-order valence-electron chi connectivity index (χ2n) is 5.85. The number of rotatable bonds is 1. The van der Waals surface area contributed by atoms with Gasteiger partial charge in [0, 0.05) is 41.7 Å². The highest BCUT2D eigenvalue weighted by molar-refractivity contribution is 5.99. The third-order valence-corrected chi connectivity index (χ3v) is 4.48. The zero-order valence-electron chi connectivity index (χ0n) is 12.7. The largest absolute Gasteiger partial charge is 0.334 e. The van der Waals surface area contributed by atoms with Crippen molar-refractivity contribution in [1.82, 2.24) is 20.1 Å². The minimum Gasteiger partial charge on any atom is -0.334 e. The van der Waals surface area contributed by atoms with Crippen molar-refractivity contribution in [2.75, 3.05) is 6.54 Å². The molecule has 3 heterocycles. The molecule has 0 fully saturated rings. The lowest BCUT2D eigenvalue weighted by Crippen LogP contribution is -2.39. The van der Waals surface area contributed by atoms with Gasteiger partial charge in [0.15, 0.2) is 0 Å². The van der Waals surface area contributed by atoms with Crippen LogP contribution in [0.1, 0.15) is 27.2 Å². The summed E-state index contributed by atoms with van der Waals surface area (Å²) >= 11 is 0. The van der Waals surface area contributed by atoms with E-state index >= 15 is 0 Å². The Morgan fingerprint density at radius 2 is 2.13 bits per heavy atom. The third kappa shape index (κ3) is 2.14. The van der Waals surface area contributed by atoms with Gasteiger partial charge in [-0.15, -0.1) is 0 Å². The van der Waals surface area contributed by atoms with Crippen LogP contribution in [0.15, 0.2) is 35.3 Å². The predicted octanol–water partition coefficient (Wildman–Crippen LogP) is 1.76. The van der Waals surface area contributed by atoms with Crippen molar-refractivity contribution < 1.29 is 4.79 Å². The summed E-state index contributed by atoms with van der Waals surface area (Å²) in [7, 11) is 0. The number of carbonyl (C=O) groups is 1. The van der Waals surface area contributed by atoms with Crippen LogP contribution in [0.2, 0.25) is 0 Å². The molecule has 0 spiro atoms.